The number of piperidine rings is 1. The van der Waals surface area contributed by atoms with Crippen LogP contribution in [0.2, 0.25) is 5.82 Å². The second kappa shape index (κ2) is 5.40. The molecule has 112 valence electrons. The third-order valence-electron chi connectivity index (χ3n) is 3.69. The van der Waals surface area contributed by atoms with Gasteiger partial charge in [-0.3, -0.25) is 0 Å². The van der Waals surface area contributed by atoms with E-state index in [9.17, 15) is 21.4 Å². The number of benzene rings is 1. The Hall–Kier alpha value is -1.02. The SMILES string of the molecule is Cc1ccc(S(=O)(=O)N2CCC([B-](F)(F)F)CC2)cc1. The Morgan fingerprint density at radius 3 is 2.05 bits per heavy atom. The molecule has 0 amide bonds. The molecule has 1 aliphatic rings. The highest BCUT2D eigenvalue weighted by Gasteiger charge is 2.39. The first kappa shape index (κ1) is 15.4. The van der Waals surface area contributed by atoms with Crippen LogP contribution in [-0.4, -0.2) is 32.8 Å². The van der Waals surface area contributed by atoms with Gasteiger partial charge >= 0.3 is 6.98 Å². The monoisotopic (exact) mass is 306 g/mol. The molecular formula is C12H16BF3NO2S-. The van der Waals surface area contributed by atoms with Crippen molar-refractivity contribution < 1.29 is 21.4 Å². The molecule has 0 bridgehead atoms. The first-order valence-electron chi connectivity index (χ1n) is 6.48. The summed E-state index contributed by atoms with van der Waals surface area (Å²) in [5.74, 6) is -1.33. The van der Waals surface area contributed by atoms with Gasteiger partial charge in [0.15, 0.2) is 0 Å². The lowest BCUT2D eigenvalue weighted by Gasteiger charge is -2.35. The first-order chi connectivity index (χ1) is 9.21. The summed E-state index contributed by atoms with van der Waals surface area (Å²) in [5, 5.41) is 0. The molecule has 8 heteroatoms. The topological polar surface area (TPSA) is 37.4 Å². The molecule has 20 heavy (non-hydrogen) atoms. The van der Waals surface area contributed by atoms with Crippen molar-refractivity contribution in [2.24, 2.45) is 0 Å². The third kappa shape index (κ3) is 3.17. The lowest BCUT2D eigenvalue weighted by atomic mass is 9.68. The molecule has 1 saturated heterocycles. The van der Waals surface area contributed by atoms with E-state index in [4.69, 9.17) is 0 Å². The Morgan fingerprint density at radius 2 is 1.60 bits per heavy atom. The van der Waals surface area contributed by atoms with E-state index in [1.165, 1.54) is 12.1 Å². The normalized spacial score (nSPS) is 19.2. The molecule has 1 heterocycles. The summed E-state index contributed by atoms with van der Waals surface area (Å²) in [6, 6.07) is 6.34. The van der Waals surface area contributed by atoms with Crippen molar-refractivity contribution in [2.45, 2.75) is 30.5 Å². The van der Waals surface area contributed by atoms with Crippen molar-refractivity contribution >= 4 is 17.0 Å². The number of hydrogen-bond donors (Lipinski definition) is 0. The molecule has 2 rings (SSSR count). The van der Waals surface area contributed by atoms with Gasteiger partial charge in [0, 0.05) is 13.1 Å². The minimum Gasteiger partial charge on any atom is -0.449 e. The van der Waals surface area contributed by atoms with Crippen molar-refractivity contribution in [3.05, 3.63) is 29.8 Å². The van der Waals surface area contributed by atoms with Gasteiger partial charge in [0.05, 0.1) is 4.90 Å². The maximum atomic E-state index is 12.6. The Balaban J connectivity index is 2.11. The molecule has 0 saturated carbocycles. The van der Waals surface area contributed by atoms with Crippen LogP contribution in [0.3, 0.4) is 0 Å². The van der Waals surface area contributed by atoms with Gasteiger partial charge in [-0.2, -0.15) is 4.31 Å². The molecule has 0 aliphatic carbocycles. The number of hydrogen-bond acceptors (Lipinski definition) is 2. The molecular weight excluding hydrogens is 290 g/mol. The Morgan fingerprint density at radius 1 is 1.10 bits per heavy atom. The molecule has 1 fully saturated rings. The van der Waals surface area contributed by atoms with Gasteiger partial charge in [-0.25, -0.2) is 8.42 Å². The fourth-order valence-corrected chi connectivity index (χ4v) is 3.82. The lowest BCUT2D eigenvalue weighted by Crippen LogP contribution is -2.41. The fraction of sp³-hybridized carbons (Fsp3) is 0.500. The Kier molecular flexibility index (Phi) is 4.15. The van der Waals surface area contributed by atoms with E-state index >= 15 is 0 Å². The van der Waals surface area contributed by atoms with Crippen LogP contribution >= 0.6 is 0 Å². The largest absolute Gasteiger partial charge is 0.481 e. The molecule has 0 spiro atoms. The zero-order valence-electron chi connectivity index (χ0n) is 11.1. The van der Waals surface area contributed by atoms with Crippen molar-refractivity contribution in [3.63, 3.8) is 0 Å². The van der Waals surface area contributed by atoms with E-state index in [-0.39, 0.29) is 30.8 Å². The summed E-state index contributed by atoms with van der Waals surface area (Å²) >= 11 is 0. The highest BCUT2D eigenvalue weighted by Crippen LogP contribution is 2.36. The predicted octanol–water partition coefficient (Wildman–Crippen LogP) is 3.00. The van der Waals surface area contributed by atoms with Crippen LogP contribution in [0.25, 0.3) is 0 Å². The van der Waals surface area contributed by atoms with Gasteiger partial charge in [0.25, 0.3) is 0 Å². The molecule has 1 aromatic carbocycles. The molecule has 3 nitrogen and oxygen atoms in total. The highest BCUT2D eigenvalue weighted by molar-refractivity contribution is 7.89. The van der Waals surface area contributed by atoms with E-state index in [2.05, 4.69) is 0 Å². The van der Waals surface area contributed by atoms with E-state index in [0.717, 1.165) is 9.87 Å². The average molecular weight is 306 g/mol. The second-order valence-corrected chi connectivity index (χ2v) is 7.12. The van der Waals surface area contributed by atoms with Crippen molar-refractivity contribution in [1.29, 1.82) is 0 Å². The Labute approximate surface area is 116 Å². The van der Waals surface area contributed by atoms with Gasteiger partial charge in [-0.15, -0.1) is 0 Å². The van der Waals surface area contributed by atoms with Crippen molar-refractivity contribution in [2.75, 3.05) is 13.1 Å². The first-order valence-corrected chi connectivity index (χ1v) is 7.92. The smallest absolute Gasteiger partial charge is 0.449 e. The zero-order chi connectivity index (χ0) is 15.0. The van der Waals surface area contributed by atoms with Gasteiger partial charge in [-0.1, -0.05) is 36.4 Å². The fourth-order valence-electron chi connectivity index (χ4n) is 2.35. The molecule has 1 aliphatic heterocycles. The van der Waals surface area contributed by atoms with Crippen LogP contribution in [0.1, 0.15) is 18.4 Å². The Bertz CT molecular complexity index is 563. The van der Waals surface area contributed by atoms with Crippen LogP contribution in [0.5, 0.6) is 0 Å². The summed E-state index contributed by atoms with van der Waals surface area (Å²) in [4.78, 5) is 0.138. The third-order valence-corrected chi connectivity index (χ3v) is 5.60. The van der Waals surface area contributed by atoms with Crippen molar-refractivity contribution in [1.82, 2.24) is 4.31 Å². The summed E-state index contributed by atoms with van der Waals surface area (Å²) in [7, 11) is -3.67. The molecule has 0 unspecified atom stereocenters. The van der Waals surface area contributed by atoms with E-state index < -0.39 is 22.8 Å². The lowest BCUT2D eigenvalue weighted by molar-refractivity contribution is 0.306. The maximum absolute atomic E-state index is 12.6. The summed E-state index contributed by atoms with van der Waals surface area (Å²) in [5.41, 5.74) is 0.933. The van der Waals surface area contributed by atoms with Crippen LogP contribution in [-0.2, 0) is 10.0 Å². The van der Waals surface area contributed by atoms with E-state index in [1.807, 2.05) is 6.92 Å². The minimum absolute atomic E-state index is 0.0673. The van der Waals surface area contributed by atoms with Crippen molar-refractivity contribution in [3.8, 4) is 0 Å². The molecule has 0 aromatic heterocycles. The van der Waals surface area contributed by atoms with Crippen LogP contribution in [0.4, 0.5) is 12.9 Å². The molecule has 0 N–H and O–H groups in total. The van der Waals surface area contributed by atoms with E-state index in [1.54, 1.807) is 12.1 Å². The van der Waals surface area contributed by atoms with Gasteiger partial charge in [0.1, 0.15) is 0 Å². The molecule has 1 aromatic rings. The number of nitrogens with zero attached hydrogens (tertiary/aromatic N) is 1. The molecule has 0 radical (unpaired) electrons. The average Bonchev–Trinajstić information content (AvgIpc) is 2.38. The number of halogens is 3. The molecule has 0 atom stereocenters. The second-order valence-electron chi connectivity index (χ2n) is 5.18. The summed E-state index contributed by atoms with van der Waals surface area (Å²) < 4.78 is 63.6. The minimum atomic E-state index is -4.87. The zero-order valence-corrected chi connectivity index (χ0v) is 11.9. The predicted molar refractivity (Wildman–Crippen MR) is 72.0 cm³/mol. The van der Waals surface area contributed by atoms with E-state index in [0.29, 0.717) is 0 Å². The standard InChI is InChI=1S/C12H16BF3NO2S/c1-10-2-4-12(5-3-10)20(18,19)17-8-6-11(7-9-17)13(14,15)16/h2-5,11H,6-9H2,1H3/q-1. The van der Waals surface area contributed by atoms with Crippen LogP contribution < -0.4 is 0 Å². The highest BCUT2D eigenvalue weighted by atomic mass is 32.2. The summed E-state index contributed by atoms with van der Waals surface area (Å²) in [6.45, 7) is -3.17. The summed E-state index contributed by atoms with van der Waals surface area (Å²) in [6.07, 6.45) is -0.289. The van der Waals surface area contributed by atoms with Crippen LogP contribution in [0.15, 0.2) is 29.2 Å². The number of sulfonamides is 1. The van der Waals surface area contributed by atoms with Crippen LogP contribution in [0, 0.1) is 6.92 Å². The van der Waals surface area contributed by atoms with Gasteiger partial charge in [-0.05, 0) is 19.1 Å². The number of rotatable bonds is 3. The maximum Gasteiger partial charge on any atom is 0.481 e. The quantitative estimate of drug-likeness (QED) is 0.805. The van der Waals surface area contributed by atoms with Gasteiger partial charge < -0.3 is 12.9 Å². The number of aryl methyl sites for hydroxylation is 1. The van der Waals surface area contributed by atoms with Gasteiger partial charge in [0.2, 0.25) is 10.0 Å².